The van der Waals surface area contributed by atoms with Gasteiger partial charge in [-0.05, 0) is 48.1 Å². The molecular weight excluding hydrogens is 286 g/mol. The van der Waals surface area contributed by atoms with E-state index in [4.69, 9.17) is 5.73 Å². The SMILES string of the molecule is CC(C)(C)c1cc(OC(F)(F)F)cc([C@@H](F)CCCN)c1. The van der Waals surface area contributed by atoms with Crippen LogP contribution in [0.5, 0.6) is 5.75 Å². The summed E-state index contributed by atoms with van der Waals surface area (Å²) >= 11 is 0. The summed E-state index contributed by atoms with van der Waals surface area (Å²) in [4.78, 5) is 0. The van der Waals surface area contributed by atoms with E-state index in [0.717, 1.165) is 6.07 Å². The molecule has 1 aromatic rings. The average molecular weight is 307 g/mol. The maximum absolute atomic E-state index is 14.1. The molecule has 21 heavy (non-hydrogen) atoms. The van der Waals surface area contributed by atoms with Crippen LogP contribution < -0.4 is 10.5 Å². The second kappa shape index (κ2) is 6.64. The highest BCUT2D eigenvalue weighted by molar-refractivity contribution is 5.39. The molecule has 1 atom stereocenters. The monoisotopic (exact) mass is 307 g/mol. The van der Waals surface area contributed by atoms with Crippen LogP contribution in [0.15, 0.2) is 18.2 Å². The first-order valence-corrected chi connectivity index (χ1v) is 6.78. The van der Waals surface area contributed by atoms with E-state index in [1.165, 1.54) is 6.07 Å². The molecular formula is C15H21F4NO. The Balaban J connectivity index is 3.15. The summed E-state index contributed by atoms with van der Waals surface area (Å²) in [5.41, 5.74) is 5.70. The molecule has 1 rings (SSSR count). The zero-order valence-corrected chi connectivity index (χ0v) is 12.4. The summed E-state index contributed by atoms with van der Waals surface area (Å²) in [6.45, 7) is 5.87. The van der Waals surface area contributed by atoms with Crippen molar-refractivity contribution in [1.29, 1.82) is 0 Å². The van der Waals surface area contributed by atoms with Crippen LogP contribution in [0.25, 0.3) is 0 Å². The molecule has 0 aromatic heterocycles. The molecule has 2 nitrogen and oxygen atoms in total. The van der Waals surface area contributed by atoms with E-state index >= 15 is 0 Å². The third-order valence-corrected chi connectivity index (χ3v) is 3.05. The molecule has 1 aromatic carbocycles. The fraction of sp³-hybridized carbons (Fsp3) is 0.600. The minimum atomic E-state index is -4.79. The van der Waals surface area contributed by atoms with Crippen molar-refractivity contribution in [2.45, 2.75) is 51.6 Å². The van der Waals surface area contributed by atoms with Crippen LogP contribution in [0.4, 0.5) is 17.6 Å². The summed E-state index contributed by atoms with van der Waals surface area (Å²) in [5, 5.41) is 0. The number of hydrogen-bond donors (Lipinski definition) is 1. The molecule has 0 spiro atoms. The zero-order valence-electron chi connectivity index (χ0n) is 12.4. The van der Waals surface area contributed by atoms with Gasteiger partial charge in [0, 0.05) is 0 Å². The Morgan fingerprint density at radius 3 is 2.24 bits per heavy atom. The van der Waals surface area contributed by atoms with E-state index in [9.17, 15) is 17.6 Å². The van der Waals surface area contributed by atoms with Gasteiger partial charge < -0.3 is 10.5 Å². The fourth-order valence-corrected chi connectivity index (χ4v) is 1.89. The Morgan fingerprint density at radius 1 is 1.14 bits per heavy atom. The van der Waals surface area contributed by atoms with Crippen molar-refractivity contribution in [3.8, 4) is 5.75 Å². The molecule has 0 radical (unpaired) electrons. The Hall–Kier alpha value is -1.30. The van der Waals surface area contributed by atoms with E-state index in [-0.39, 0.29) is 17.7 Å². The Bertz CT molecular complexity index is 466. The second-order valence-corrected chi connectivity index (χ2v) is 5.99. The number of nitrogens with two attached hydrogens (primary N) is 1. The number of alkyl halides is 4. The number of hydrogen-bond acceptors (Lipinski definition) is 2. The number of benzene rings is 1. The van der Waals surface area contributed by atoms with Gasteiger partial charge in [-0.15, -0.1) is 13.2 Å². The topological polar surface area (TPSA) is 35.2 Å². The number of rotatable bonds is 5. The maximum atomic E-state index is 14.1. The van der Waals surface area contributed by atoms with Crippen LogP contribution in [0, 0.1) is 0 Å². The molecule has 0 saturated carbocycles. The van der Waals surface area contributed by atoms with Crippen LogP contribution in [-0.4, -0.2) is 12.9 Å². The average Bonchev–Trinajstić information content (AvgIpc) is 2.32. The van der Waals surface area contributed by atoms with E-state index in [1.54, 1.807) is 6.07 Å². The van der Waals surface area contributed by atoms with E-state index in [2.05, 4.69) is 4.74 Å². The number of ether oxygens (including phenoxy) is 1. The lowest BCUT2D eigenvalue weighted by molar-refractivity contribution is -0.274. The Kier molecular flexibility index (Phi) is 5.61. The molecule has 0 unspecified atom stereocenters. The molecule has 0 aliphatic heterocycles. The lowest BCUT2D eigenvalue weighted by atomic mass is 9.85. The van der Waals surface area contributed by atoms with Crippen molar-refractivity contribution < 1.29 is 22.3 Å². The van der Waals surface area contributed by atoms with E-state index in [0.29, 0.717) is 18.5 Å². The first kappa shape index (κ1) is 17.8. The number of halogens is 4. The first-order valence-electron chi connectivity index (χ1n) is 6.78. The van der Waals surface area contributed by atoms with Crippen molar-refractivity contribution in [3.63, 3.8) is 0 Å². The molecule has 2 N–H and O–H groups in total. The van der Waals surface area contributed by atoms with Crippen molar-refractivity contribution >= 4 is 0 Å². The summed E-state index contributed by atoms with van der Waals surface area (Å²) < 4.78 is 55.2. The van der Waals surface area contributed by atoms with Crippen LogP contribution in [0.1, 0.15) is 50.9 Å². The highest BCUT2D eigenvalue weighted by atomic mass is 19.4. The lowest BCUT2D eigenvalue weighted by Gasteiger charge is -2.22. The molecule has 0 amide bonds. The van der Waals surface area contributed by atoms with Gasteiger partial charge in [0.15, 0.2) is 0 Å². The summed E-state index contributed by atoms with van der Waals surface area (Å²) in [6.07, 6.45) is -5.51. The van der Waals surface area contributed by atoms with Crippen LogP contribution >= 0.6 is 0 Å². The molecule has 6 heteroatoms. The molecule has 0 bridgehead atoms. The minimum absolute atomic E-state index is 0.176. The van der Waals surface area contributed by atoms with E-state index < -0.39 is 17.9 Å². The van der Waals surface area contributed by atoms with Crippen molar-refractivity contribution in [1.82, 2.24) is 0 Å². The third kappa shape index (κ3) is 5.91. The van der Waals surface area contributed by atoms with Crippen molar-refractivity contribution in [3.05, 3.63) is 29.3 Å². The van der Waals surface area contributed by atoms with Gasteiger partial charge in [-0.3, -0.25) is 0 Å². The lowest BCUT2D eigenvalue weighted by Crippen LogP contribution is -2.19. The van der Waals surface area contributed by atoms with Gasteiger partial charge in [0.05, 0.1) is 0 Å². The molecule has 0 heterocycles. The highest BCUT2D eigenvalue weighted by Crippen LogP contribution is 2.34. The summed E-state index contributed by atoms with van der Waals surface area (Å²) in [5.74, 6) is -0.389. The Labute approximate surface area is 122 Å². The normalized spacial score (nSPS) is 14.1. The van der Waals surface area contributed by atoms with Gasteiger partial charge >= 0.3 is 6.36 Å². The zero-order chi connectivity index (χ0) is 16.3. The quantitative estimate of drug-likeness (QED) is 0.805. The van der Waals surface area contributed by atoms with Crippen molar-refractivity contribution in [2.24, 2.45) is 5.73 Å². The molecule has 0 aliphatic rings. The predicted molar refractivity (Wildman–Crippen MR) is 74.0 cm³/mol. The van der Waals surface area contributed by atoms with Gasteiger partial charge in [0.1, 0.15) is 11.9 Å². The molecule has 0 saturated heterocycles. The second-order valence-electron chi connectivity index (χ2n) is 5.99. The predicted octanol–water partition coefficient (Wildman–Crippen LogP) is 4.63. The third-order valence-electron chi connectivity index (χ3n) is 3.05. The van der Waals surface area contributed by atoms with Gasteiger partial charge in [-0.2, -0.15) is 0 Å². The minimum Gasteiger partial charge on any atom is -0.406 e. The largest absolute Gasteiger partial charge is 0.573 e. The Morgan fingerprint density at radius 2 is 1.76 bits per heavy atom. The maximum Gasteiger partial charge on any atom is 0.573 e. The highest BCUT2D eigenvalue weighted by Gasteiger charge is 2.32. The van der Waals surface area contributed by atoms with Gasteiger partial charge in [0.25, 0.3) is 0 Å². The van der Waals surface area contributed by atoms with Gasteiger partial charge in [0.2, 0.25) is 0 Å². The molecule has 0 fully saturated rings. The first-order chi connectivity index (χ1) is 9.53. The van der Waals surface area contributed by atoms with Crippen LogP contribution in [-0.2, 0) is 5.41 Å². The molecule has 0 aliphatic carbocycles. The van der Waals surface area contributed by atoms with Crippen LogP contribution in [0.3, 0.4) is 0 Å². The van der Waals surface area contributed by atoms with Crippen molar-refractivity contribution in [2.75, 3.05) is 6.54 Å². The fourth-order valence-electron chi connectivity index (χ4n) is 1.89. The van der Waals surface area contributed by atoms with Gasteiger partial charge in [-0.25, -0.2) is 4.39 Å². The summed E-state index contributed by atoms with van der Waals surface area (Å²) in [7, 11) is 0. The van der Waals surface area contributed by atoms with Gasteiger partial charge in [-0.1, -0.05) is 26.8 Å². The summed E-state index contributed by atoms with van der Waals surface area (Å²) in [6, 6.07) is 3.99. The molecule has 120 valence electrons. The van der Waals surface area contributed by atoms with Crippen LogP contribution in [0.2, 0.25) is 0 Å². The standard InChI is InChI=1S/C15H21F4NO/c1-14(2,3)11-7-10(13(16)5-4-6-20)8-12(9-11)21-15(17,18)19/h7-9,13H,4-6,20H2,1-3H3/t13-/m0/s1. The van der Waals surface area contributed by atoms with E-state index in [1.807, 2.05) is 20.8 Å². The smallest absolute Gasteiger partial charge is 0.406 e.